The summed E-state index contributed by atoms with van der Waals surface area (Å²) in [5, 5.41) is 1.84. The van der Waals surface area contributed by atoms with Crippen molar-refractivity contribution in [2.45, 2.75) is 13.0 Å². The van der Waals surface area contributed by atoms with Gasteiger partial charge in [0.15, 0.2) is 0 Å². The van der Waals surface area contributed by atoms with Crippen molar-refractivity contribution in [3.05, 3.63) is 52.2 Å². The molecule has 0 spiro atoms. The molecule has 0 radical (unpaired) electrons. The Bertz CT molecular complexity index is 569. The third-order valence-corrected chi connectivity index (χ3v) is 4.05. The lowest BCUT2D eigenvalue weighted by molar-refractivity contribution is 0.0747. The number of hydrogen-bond donors (Lipinski definition) is 1. The van der Waals surface area contributed by atoms with Crippen LogP contribution in [0.3, 0.4) is 0 Å². The molecule has 1 aromatic heterocycles. The molecule has 0 atom stereocenters. The Balaban J connectivity index is 2.12. The van der Waals surface area contributed by atoms with Gasteiger partial charge in [-0.2, -0.15) is 0 Å². The van der Waals surface area contributed by atoms with E-state index in [-0.39, 0.29) is 5.91 Å². The van der Waals surface area contributed by atoms with Gasteiger partial charge in [-0.15, -0.1) is 11.3 Å². The Morgan fingerprint density at radius 2 is 2.10 bits per heavy atom. The van der Waals surface area contributed by atoms with Gasteiger partial charge in [0.2, 0.25) is 0 Å². The number of amides is 1. The zero-order valence-corrected chi connectivity index (χ0v) is 12.9. The van der Waals surface area contributed by atoms with E-state index < -0.39 is 0 Å². The Kier molecular flexibility index (Phi) is 5.78. The largest absolute Gasteiger partial charge is 0.496 e. The third kappa shape index (κ3) is 4.31. The molecule has 2 N–H and O–H groups in total. The zero-order chi connectivity index (χ0) is 15.1. The van der Waals surface area contributed by atoms with Crippen LogP contribution < -0.4 is 10.5 Å². The molecular weight excluding hydrogens is 284 g/mol. The second kappa shape index (κ2) is 7.81. The van der Waals surface area contributed by atoms with Crippen molar-refractivity contribution in [3.8, 4) is 5.75 Å². The number of nitrogens with two attached hydrogens (primary N) is 1. The van der Waals surface area contributed by atoms with E-state index in [4.69, 9.17) is 10.5 Å². The summed E-state index contributed by atoms with van der Waals surface area (Å²) in [6.07, 6.45) is 0.793. The Morgan fingerprint density at radius 3 is 2.71 bits per heavy atom. The highest BCUT2D eigenvalue weighted by Gasteiger charge is 2.18. The van der Waals surface area contributed by atoms with Gasteiger partial charge < -0.3 is 15.4 Å². The van der Waals surface area contributed by atoms with E-state index in [0.717, 1.165) is 17.7 Å². The van der Waals surface area contributed by atoms with Gasteiger partial charge in [-0.3, -0.25) is 4.79 Å². The average molecular weight is 304 g/mol. The van der Waals surface area contributed by atoms with Gasteiger partial charge in [-0.25, -0.2) is 0 Å². The quantitative estimate of drug-likeness (QED) is 0.855. The molecule has 0 bridgehead atoms. The van der Waals surface area contributed by atoms with Crippen LogP contribution in [0.4, 0.5) is 0 Å². The standard InChI is InChI=1S/C16H20N2O2S/c1-20-14-10-15(21-12-14)16(19)18(9-5-8-17)11-13-6-3-2-4-7-13/h2-4,6-7,10,12H,5,8-9,11,17H2,1H3. The molecule has 112 valence electrons. The lowest BCUT2D eigenvalue weighted by Crippen LogP contribution is -2.32. The number of thiophene rings is 1. The minimum atomic E-state index is 0.0283. The normalized spacial score (nSPS) is 10.4. The Hall–Kier alpha value is -1.85. The SMILES string of the molecule is COc1csc(C(=O)N(CCCN)Cc2ccccc2)c1. The van der Waals surface area contributed by atoms with Crippen LogP contribution in [-0.2, 0) is 6.54 Å². The molecule has 1 aromatic carbocycles. The highest BCUT2D eigenvalue weighted by Crippen LogP contribution is 2.23. The highest BCUT2D eigenvalue weighted by molar-refractivity contribution is 7.12. The molecule has 2 aromatic rings. The van der Waals surface area contributed by atoms with Crippen LogP contribution in [0.1, 0.15) is 21.7 Å². The van der Waals surface area contributed by atoms with Crippen LogP contribution in [0.2, 0.25) is 0 Å². The number of hydrogen-bond acceptors (Lipinski definition) is 4. The van der Waals surface area contributed by atoms with Crippen LogP contribution in [0.5, 0.6) is 5.75 Å². The fraction of sp³-hybridized carbons (Fsp3) is 0.312. The summed E-state index contributed by atoms with van der Waals surface area (Å²) in [5.74, 6) is 0.752. The molecule has 1 amide bonds. The van der Waals surface area contributed by atoms with Crippen molar-refractivity contribution in [2.75, 3.05) is 20.2 Å². The first-order valence-corrected chi connectivity index (χ1v) is 7.78. The second-order valence-electron chi connectivity index (χ2n) is 4.71. The number of methoxy groups -OCH3 is 1. The smallest absolute Gasteiger partial charge is 0.264 e. The number of rotatable bonds is 7. The van der Waals surface area contributed by atoms with Gasteiger partial charge >= 0.3 is 0 Å². The Labute approximate surface area is 129 Å². The maximum atomic E-state index is 12.6. The molecule has 4 nitrogen and oxygen atoms in total. The molecule has 0 fully saturated rings. The van der Waals surface area contributed by atoms with Gasteiger partial charge in [-0.1, -0.05) is 30.3 Å². The summed E-state index contributed by atoms with van der Waals surface area (Å²) in [7, 11) is 1.60. The van der Waals surface area contributed by atoms with Crippen molar-refractivity contribution < 1.29 is 9.53 Å². The number of carbonyl (C=O) groups is 1. The minimum Gasteiger partial charge on any atom is -0.496 e. The van der Waals surface area contributed by atoms with Crippen molar-refractivity contribution in [3.63, 3.8) is 0 Å². The molecule has 2 rings (SSSR count). The molecule has 0 aliphatic carbocycles. The summed E-state index contributed by atoms with van der Waals surface area (Å²) >= 11 is 1.41. The Morgan fingerprint density at radius 1 is 1.33 bits per heavy atom. The van der Waals surface area contributed by atoms with Crippen LogP contribution in [-0.4, -0.2) is 31.0 Å². The van der Waals surface area contributed by atoms with E-state index in [1.165, 1.54) is 11.3 Å². The van der Waals surface area contributed by atoms with E-state index in [9.17, 15) is 4.79 Å². The lowest BCUT2D eigenvalue weighted by atomic mass is 10.2. The molecule has 0 aliphatic heterocycles. The zero-order valence-electron chi connectivity index (χ0n) is 12.1. The molecule has 5 heteroatoms. The molecule has 21 heavy (non-hydrogen) atoms. The first-order valence-electron chi connectivity index (χ1n) is 6.90. The van der Waals surface area contributed by atoms with E-state index in [2.05, 4.69) is 0 Å². The maximum absolute atomic E-state index is 12.6. The van der Waals surface area contributed by atoms with E-state index in [1.807, 2.05) is 40.6 Å². The highest BCUT2D eigenvalue weighted by atomic mass is 32.1. The molecule has 0 aliphatic rings. The van der Waals surface area contributed by atoms with Gasteiger partial charge in [0.05, 0.1) is 12.0 Å². The third-order valence-electron chi connectivity index (χ3n) is 3.16. The average Bonchev–Trinajstić information content (AvgIpc) is 3.00. The predicted molar refractivity (Wildman–Crippen MR) is 85.7 cm³/mol. The summed E-state index contributed by atoms with van der Waals surface area (Å²) < 4.78 is 5.14. The number of carbonyl (C=O) groups excluding carboxylic acids is 1. The van der Waals surface area contributed by atoms with E-state index in [1.54, 1.807) is 13.2 Å². The maximum Gasteiger partial charge on any atom is 0.264 e. The van der Waals surface area contributed by atoms with Gasteiger partial charge in [0.25, 0.3) is 5.91 Å². The minimum absolute atomic E-state index is 0.0283. The van der Waals surface area contributed by atoms with Crippen LogP contribution in [0.25, 0.3) is 0 Å². The van der Waals surface area contributed by atoms with Crippen molar-refractivity contribution in [2.24, 2.45) is 5.73 Å². The lowest BCUT2D eigenvalue weighted by Gasteiger charge is -2.22. The summed E-state index contributed by atoms with van der Waals surface area (Å²) in [4.78, 5) is 15.2. The summed E-state index contributed by atoms with van der Waals surface area (Å²) in [6.45, 7) is 1.83. The van der Waals surface area contributed by atoms with Gasteiger partial charge in [-0.05, 0) is 18.5 Å². The van der Waals surface area contributed by atoms with Crippen molar-refractivity contribution >= 4 is 17.2 Å². The predicted octanol–water partition coefficient (Wildman–Crippen LogP) is 2.75. The fourth-order valence-corrected chi connectivity index (χ4v) is 2.85. The molecule has 0 saturated carbocycles. The molecule has 0 saturated heterocycles. The first kappa shape index (κ1) is 15.5. The van der Waals surface area contributed by atoms with E-state index in [0.29, 0.717) is 24.5 Å². The van der Waals surface area contributed by atoms with Crippen LogP contribution in [0, 0.1) is 0 Å². The van der Waals surface area contributed by atoms with Gasteiger partial charge in [0, 0.05) is 24.5 Å². The summed E-state index contributed by atoms with van der Waals surface area (Å²) in [5.41, 5.74) is 6.70. The first-order chi connectivity index (χ1) is 10.2. The fourth-order valence-electron chi connectivity index (χ4n) is 2.03. The van der Waals surface area contributed by atoms with Crippen molar-refractivity contribution in [1.29, 1.82) is 0 Å². The van der Waals surface area contributed by atoms with Crippen molar-refractivity contribution in [1.82, 2.24) is 4.90 Å². The number of ether oxygens (including phenoxy) is 1. The van der Waals surface area contributed by atoms with Gasteiger partial charge in [0.1, 0.15) is 5.75 Å². The number of benzene rings is 1. The number of nitrogens with zero attached hydrogens (tertiary/aromatic N) is 1. The summed E-state index contributed by atoms with van der Waals surface area (Å²) in [6, 6.07) is 11.8. The molecular formula is C16H20N2O2S. The second-order valence-corrected chi connectivity index (χ2v) is 5.62. The molecule has 0 unspecified atom stereocenters. The van der Waals surface area contributed by atoms with Crippen LogP contribution in [0.15, 0.2) is 41.8 Å². The van der Waals surface area contributed by atoms with Crippen LogP contribution >= 0.6 is 11.3 Å². The topological polar surface area (TPSA) is 55.6 Å². The monoisotopic (exact) mass is 304 g/mol. The van der Waals surface area contributed by atoms with E-state index >= 15 is 0 Å². The molecule has 1 heterocycles.